The molecule has 0 bridgehead atoms. The molecule has 0 radical (unpaired) electrons. The highest BCUT2D eigenvalue weighted by Gasteiger charge is 2.14. The number of nitrogens with two attached hydrogens (primary N) is 1. The summed E-state index contributed by atoms with van der Waals surface area (Å²) in [6.45, 7) is 2.81. The van der Waals surface area contributed by atoms with Crippen LogP contribution in [0.1, 0.15) is 31.4 Å². The molecule has 0 unspecified atom stereocenters. The van der Waals surface area contributed by atoms with Gasteiger partial charge in [-0.15, -0.1) is 0 Å². The van der Waals surface area contributed by atoms with Crippen LogP contribution in [0.3, 0.4) is 0 Å². The molecule has 0 saturated carbocycles. The molecule has 3 nitrogen and oxygen atoms in total. The maximum atomic E-state index is 5.79. The predicted molar refractivity (Wildman–Crippen MR) is 80.3 cm³/mol. The topological polar surface area (TPSA) is 42.1 Å². The van der Waals surface area contributed by atoms with Crippen LogP contribution in [0.4, 0.5) is 5.69 Å². The first-order valence-electron chi connectivity index (χ1n) is 7.22. The third kappa shape index (κ3) is 2.56. The zero-order chi connectivity index (χ0) is 13.1. The number of fused-ring (bicyclic) bond motifs is 1. The Morgan fingerprint density at radius 3 is 2.53 bits per heavy atom. The first-order valence-corrected chi connectivity index (χ1v) is 7.22. The van der Waals surface area contributed by atoms with E-state index in [0.717, 1.165) is 24.3 Å². The van der Waals surface area contributed by atoms with E-state index < -0.39 is 0 Å². The van der Waals surface area contributed by atoms with E-state index >= 15 is 0 Å². The molecule has 2 heterocycles. The van der Waals surface area contributed by atoms with Crippen molar-refractivity contribution in [1.82, 2.24) is 4.98 Å². The van der Waals surface area contributed by atoms with Gasteiger partial charge in [0.25, 0.3) is 0 Å². The molecule has 2 N–H and O–H groups in total. The molecule has 2 aromatic rings. The predicted octanol–water partition coefficient (Wildman–Crippen LogP) is 3.07. The summed E-state index contributed by atoms with van der Waals surface area (Å²) in [7, 11) is 0. The first-order chi connectivity index (χ1) is 9.38. The normalized spacial score (nSPS) is 16.6. The number of anilines is 1. The lowest BCUT2D eigenvalue weighted by Gasteiger charge is -2.24. The summed E-state index contributed by atoms with van der Waals surface area (Å²) >= 11 is 0. The fourth-order valence-corrected chi connectivity index (χ4v) is 2.89. The van der Waals surface area contributed by atoms with E-state index in [0.29, 0.717) is 6.54 Å². The Bertz CT molecular complexity index is 557. The number of pyridine rings is 1. The van der Waals surface area contributed by atoms with E-state index in [9.17, 15) is 0 Å². The number of hydrogen-bond donors (Lipinski definition) is 1. The molecule has 1 aliphatic rings. The smallest absolute Gasteiger partial charge is 0.0726 e. The van der Waals surface area contributed by atoms with Crippen molar-refractivity contribution in [2.45, 2.75) is 32.2 Å². The third-order valence-corrected chi connectivity index (χ3v) is 3.90. The average molecular weight is 255 g/mol. The van der Waals surface area contributed by atoms with Crippen molar-refractivity contribution in [3.8, 4) is 0 Å². The Morgan fingerprint density at radius 1 is 1.05 bits per heavy atom. The van der Waals surface area contributed by atoms with Gasteiger partial charge in [0.2, 0.25) is 0 Å². The summed E-state index contributed by atoms with van der Waals surface area (Å²) in [6.07, 6.45) is 5.27. The summed E-state index contributed by atoms with van der Waals surface area (Å²) in [6, 6.07) is 10.6. The zero-order valence-electron chi connectivity index (χ0n) is 11.3. The van der Waals surface area contributed by atoms with Crippen molar-refractivity contribution in [3.05, 3.63) is 36.0 Å². The summed E-state index contributed by atoms with van der Waals surface area (Å²) in [5.74, 6) is 0. The van der Waals surface area contributed by atoms with Crippen LogP contribution in [0.25, 0.3) is 10.9 Å². The quantitative estimate of drug-likeness (QED) is 0.896. The second kappa shape index (κ2) is 5.57. The van der Waals surface area contributed by atoms with Gasteiger partial charge in [0, 0.05) is 30.7 Å². The summed E-state index contributed by atoms with van der Waals surface area (Å²) in [5, 5.41) is 1.25. The SMILES string of the molecule is NCc1cc(N2CCCCCC2)c2ccccc2n1. The van der Waals surface area contributed by atoms with E-state index in [1.54, 1.807) is 0 Å². The molecule has 100 valence electrons. The Labute approximate surface area is 114 Å². The van der Waals surface area contributed by atoms with E-state index in [2.05, 4.69) is 34.1 Å². The molecule has 1 aromatic heterocycles. The fourth-order valence-electron chi connectivity index (χ4n) is 2.89. The van der Waals surface area contributed by atoms with Gasteiger partial charge in [0.05, 0.1) is 11.2 Å². The van der Waals surface area contributed by atoms with Crippen molar-refractivity contribution in [1.29, 1.82) is 0 Å². The van der Waals surface area contributed by atoms with Crippen LogP contribution in [0.15, 0.2) is 30.3 Å². The molecule has 1 saturated heterocycles. The van der Waals surface area contributed by atoms with Crippen molar-refractivity contribution in [3.63, 3.8) is 0 Å². The number of benzene rings is 1. The molecule has 0 aliphatic carbocycles. The Morgan fingerprint density at radius 2 is 1.79 bits per heavy atom. The van der Waals surface area contributed by atoms with Gasteiger partial charge in [-0.25, -0.2) is 0 Å². The number of para-hydroxylation sites is 1. The molecule has 0 amide bonds. The number of rotatable bonds is 2. The van der Waals surface area contributed by atoms with Gasteiger partial charge in [0.1, 0.15) is 0 Å². The van der Waals surface area contributed by atoms with Crippen molar-refractivity contribution in [2.75, 3.05) is 18.0 Å². The molecular formula is C16H21N3. The molecule has 3 heteroatoms. The van der Waals surface area contributed by atoms with E-state index in [4.69, 9.17) is 5.73 Å². The molecular weight excluding hydrogens is 234 g/mol. The molecule has 19 heavy (non-hydrogen) atoms. The van der Waals surface area contributed by atoms with Crippen molar-refractivity contribution < 1.29 is 0 Å². The van der Waals surface area contributed by atoms with E-state index in [1.807, 2.05) is 6.07 Å². The molecule has 0 spiro atoms. The highest BCUT2D eigenvalue weighted by molar-refractivity contribution is 5.92. The van der Waals surface area contributed by atoms with Gasteiger partial charge in [-0.3, -0.25) is 4.98 Å². The van der Waals surface area contributed by atoms with Crippen LogP contribution in [0.5, 0.6) is 0 Å². The van der Waals surface area contributed by atoms with Gasteiger partial charge in [0.15, 0.2) is 0 Å². The van der Waals surface area contributed by atoms with Crippen LogP contribution in [0, 0.1) is 0 Å². The lowest BCUT2D eigenvalue weighted by Crippen LogP contribution is -2.24. The maximum absolute atomic E-state index is 5.79. The second-order valence-electron chi connectivity index (χ2n) is 5.26. The van der Waals surface area contributed by atoms with Crippen LogP contribution in [-0.2, 0) is 6.54 Å². The van der Waals surface area contributed by atoms with Gasteiger partial charge in [-0.1, -0.05) is 31.0 Å². The van der Waals surface area contributed by atoms with Gasteiger partial charge >= 0.3 is 0 Å². The van der Waals surface area contributed by atoms with E-state index in [-0.39, 0.29) is 0 Å². The third-order valence-electron chi connectivity index (χ3n) is 3.90. The van der Waals surface area contributed by atoms with Crippen LogP contribution < -0.4 is 10.6 Å². The Kier molecular flexibility index (Phi) is 3.65. The molecule has 0 atom stereocenters. The lowest BCUT2D eigenvalue weighted by molar-refractivity contribution is 0.726. The van der Waals surface area contributed by atoms with Crippen LogP contribution in [-0.4, -0.2) is 18.1 Å². The Hall–Kier alpha value is -1.61. The lowest BCUT2D eigenvalue weighted by atomic mass is 10.1. The van der Waals surface area contributed by atoms with Gasteiger partial charge < -0.3 is 10.6 Å². The largest absolute Gasteiger partial charge is 0.371 e. The van der Waals surface area contributed by atoms with Gasteiger partial charge in [-0.05, 0) is 25.0 Å². The summed E-state index contributed by atoms with van der Waals surface area (Å²) in [5.41, 5.74) is 9.15. The molecule has 3 rings (SSSR count). The summed E-state index contributed by atoms with van der Waals surface area (Å²) < 4.78 is 0. The highest BCUT2D eigenvalue weighted by atomic mass is 15.1. The second-order valence-corrected chi connectivity index (χ2v) is 5.26. The molecule has 1 aliphatic heterocycles. The van der Waals surface area contributed by atoms with Gasteiger partial charge in [-0.2, -0.15) is 0 Å². The Balaban J connectivity index is 2.09. The monoisotopic (exact) mass is 255 g/mol. The number of nitrogens with zero attached hydrogens (tertiary/aromatic N) is 2. The zero-order valence-corrected chi connectivity index (χ0v) is 11.3. The minimum absolute atomic E-state index is 0.506. The first kappa shape index (κ1) is 12.4. The maximum Gasteiger partial charge on any atom is 0.0726 e. The van der Waals surface area contributed by atoms with E-state index in [1.165, 1.54) is 36.8 Å². The number of aromatic nitrogens is 1. The van der Waals surface area contributed by atoms with Crippen LogP contribution in [0.2, 0.25) is 0 Å². The number of hydrogen-bond acceptors (Lipinski definition) is 3. The minimum atomic E-state index is 0.506. The van der Waals surface area contributed by atoms with Crippen molar-refractivity contribution >= 4 is 16.6 Å². The average Bonchev–Trinajstić information content (AvgIpc) is 2.75. The summed E-state index contributed by atoms with van der Waals surface area (Å²) in [4.78, 5) is 7.13. The molecule has 1 aromatic carbocycles. The van der Waals surface area contributed by atoms with Crippen LogP contribution >= 0.6 is 0 Å². The fraction of sp³-hybridized carbons (Fsp3) is 0.438. The minimum Gasteiger partial charge on any atom is -0.371 e. The molecule has 1 fully saturated rings. The standard InChI is InChI=1S/C16H21N3/c17-12-13-11-16(19-9-5-1-2-6-10-19)14-7-3-4-8-15(14)18-13/h3-4,7-8,11H,1-2,5-6,9-10,12,17H2. The van der Waals surface area contributed by atoms with Crippen molar-refractivity contribution in [2.24, 2.45) is 5.73 Å². The highest BCUT2D eigenvalue weighted by Crippen LogP contribution is 2.28.